The molecule has 0 atom stereocenters. The van der Waals surface area contributed by atoms with Crippen molar-refractivity contribution in [3.63, 3.8) is 0 Å². The molecule has 1 N–H and O–H groups in total. The summed E-state index contributed by atoms with van der Waals surface area (Å²) in [4.78, 5) is 19.2. The largest absolute Gasteiger partial charge is 0.303 e. The van der Waals surface area contributed by atoms with Crippen LogP contribution in [0.4, 0.5) is 5.82 Å². The molecule has 2 heterocycles. The Morgan fingerprint density at radius 1 is 1.40 bits per heavy atom. The zero-order chi connectivity index (χ0) is 10.7. The molecule has 2 rings (SSSR count). The van der Waals surface area contributed by atoms with Crippen LogP contribution in [0.5, 0.6) is 0 Å². The van der Waals surface area contributed by atoms with Crippen molar-refractivity contribution in [1.82, 2.24) is 20.2 Å². The van der Waals surface area contributed by atoms with Gasteiger partial charge >= 0.3 is 0 Å². The van der Waals surface area contributed by atoms with Crippen molar-refractivity contribution >= 4 is 34.7 Å². The number of aromatic nitrogens is 4. The smallest absolute Gasteiger partial charge is 0.287 e. The molecule has 0 unspecified atom stereocenters. The summed E-state index contributed by atoms with van der Waals surface area (Å²) in [5, 5.41) is 9.80. The molecule has 0 saturated heterocycles. The van der Waals surface area contributed by atoms with E-state index in [1.165, 1.54) is 18.6 Å². The van der Waals surface area contributed by atoms with Gasteiger partial charge < -0.3 is 5.32 Å². The van der Waals surface area contributed by atoms with Gasteiger partial charge in [-0.15, -0.1) is 10.2 Å². The summed E-state index contributed by atoms with van der Waals surface area (Å²) >= 11 is 6.54. The SMILES string of the molecule is O=C(Nc1cnccn1)c1nnc(Cl)s1. The maximum atomic E-state index is 11.5. The molecule has 0 spiro atoms. The molecule has 6 nitrogen and oxygen atoms in total. The molecule has 0 aliphatic rings. The molecule has 0 aliphatic carbocycles. The molecule has 0 aliphatic heterocycles. The summed E-state index contributed by atoms with van der Waals surface area (Å²) in [7, 11) is 0. The van der Waals surface area contributed by atoms with E-state index in [1.54, 1.807) is 0 Å². The van der Waals surface area contributed by atoms with Crippen molar-refractivity contribution < 1.29 is 4.79 Å². The lowest BCUT2D eigenvalue weighted by Crippen LogP contribution is -2.12. The third kappa shape index (κ3) is 2.45. The van der Waals surface area contributed by atoms with Crippen LogP contribution in [-0.4, -0.2) is 26.1 Å². The molecule has 0 radical (unpaired) electrons. The van der Waals surface area contributed by atoms with Gasteiger partial charge in [0.2, 0.25) is 9.47 Å². The molecular weight excluding hydrogens is 238 g/mol. The lowest BCUT2D eigenvalue weighted by molar-refractivity contribution is 0.102. The first-order valence-electron chi connectivity index (χ1n) is 3.82. The molecule has 0 aromatic carbocycles. The number of anilines is 1. The van der Waals surface area contributed by atoms with Crippen LogP contribution in [0, 0.1) is 0 Å². The second-order valence-electron chi connectivity index (χ2n) is 2.40. The highest BCUT2D eigenvalue weighted by atomic mass is 35.5. The Kier molecular flexibility index (Phi) is 2.84. The minimum Gasteiger partial charge on any atom is -0.303 e. The van der Waals surface area contributed by atoms with Gasteiger partial charge in [0.1, 0.15) is 0 Å². The Morgan fingerprint density at radius 3 is 2.87 bits per heavy atom. The number of hydrogen-bond acceptors (Lipinski definition) is 6. The summed E-state index contributed by atoms with van der Waals surface area (Å²) in [5.41, 5.74) is 0. The number of rotatable bonds is 2. The van der Waals surface area contributed by atoms with Gasteiger partial charge in [0.15, 0.2) is 5.82 Å². The van der Waals surface area contributed by atoms with Crippen LogP contribution >= 0.6 is 22.9 Å². The number of nitrogens with zero attached hydrogens (tertiary/aromatic N) is 4. The highest BCUT2D eigenvalue weighted by Gasteiger charge is 2.12. The standard InChI is InChI=1S/C7H4ClN5OS/c8-7-13-12-6(15-7)5(14)11-4-3-9-1-2-10-4/h1-3H,(H,10,11,14). The summed E-state index contributed by atoms with van der Waals surface area (Å²) < 4.78 is 0.222. The van der Waals surface area contributed by atoms with Crippen molar-refractivity contribution in [2.45, 2.75) is 0 Å². The van der Waals surface area contributed by atoms with Gasteiger partial charge in [-0.05, 0) is 11.6 Å². The first kappa shape index (κ1) is 9.94. The average molecular weight is 242 g/mol. The summed E-state index contributed by atoms with van der Waals surface area (Å²) in [6, 6.07) is 0. The number of halogens is 1. The third-order valence-electron chi connectivity index (χ3n) is 1.40. The zero-order valence-corrected chi connectivity index (χ0v) is 8.79. The van der Waals surface area contributed by atoms with E-state index in [0.717, 1.165) is 11.3 Å². The van der Waals surface area contributed by atoms with Crippen molar-refractivity contribution in [3.05, 3.63) is 28.1 Å². The van der Waals surface area contributed by atoms with E-state index < -0.39 is 5.91 Å². The lowest BCUT2D eigenvalue weighted by atomic mass is 10.6. The number of nitrogens with one attached hydrogen (secondary N) is 1. The Labute approximate surface area is 93.4 Å². The Balaban J connectivity index is 2.11. The summed E-state index contributed by atoms with van der Waals surface area (Å²) in [6.07, 6.45) is 4.42. The van der Waals surface area contributed by atoms with Crippen molar-refractivity contribution in [2.75, 3.05) is 5.32 Å². The molecular formula is C7H4ClN5OS. The number of carbonyl (C=O) groups is 1. The van der Waals surface area contributed by atoms with Crippen molar-refractivity contribution in [2.24, 2.45) is 0 Å². The monoisotopic (exact) mass is 241 g/mol. The molecule has 76 valence electrons. The van der Waals surface area contributed by atoms with Crippen molar-refractivity contribution in [1.29, 1.82) is 0 Å². The first-order valence-corrected chi connectivity index (χ1v) is 5.01. The fourth-order valence-corrected chi connectivity index (χ4v) is 1.55. The van der Waals surface area contributed by atoms with Gasteiger partial charge in [0, 0.05) is 12.4 Å². The van der Waals surface area contributed by atoms with Crippen LogP contribution in [0.15, 0.2) is 18.6 Å². The number of carbonyl (C=O) groups excluding carboxylic acids is 1. The van der Waals surface area contributed by atoms with Crippen LogP contribution < -0.4 is 5.32 Å². The van der Waals surface area contributed by atoms with Gasteiger partial charge in [-0.1, -0.05) is 11.3 Å². The van der Waals surface area contributed by atoms with Crippen molar-refractivity contribution in [3.8, 4) is 0 Å². The maximum absolute atomic E-state index is 11.5. The molecule has 1 amide bonds. The molecule has 2 aromatic heterocycles. The average Bonchev–Trinajstić information content (AvgIpc) is 2.66. The fraction of sp³-hybridized carbons (Fsp3) is 0. The van der Waals surface area contributed by atoms with Gasteiger partial charge in [0.05, 0.1) is 6.20 Å². The minimum atomic E-state index is -0.403. The van der Waals surface area contributed by atoms with E-state index in [0.29, 0.717) is 5.82 Å². The van der Waals surface area contributed by atoms with Crippen LogP contribution in [0.2, 0.25) is 4.47 Å². The maximum Gasteiger partial charge on any atom is 0.287 e. The van der Waals surface area contributed by atoms with Gasteiger partial charge in [-0.2, -0.15) is 0 Å². The second kappa shape index (κ2) is 4.28. The van der Waals surface area contributed by atoms with Crippen LogP contribution in [0.25, 0.3) is 0 Å². The second-order valence-corrected chi connectivity index (χ2v) is 3.96. The predicted octanol–water partition coefficient (Wildman–Crippen LogP) is 1.23. The third-order valence-corrected chi connectivity index (χ3v) is 2.42. The van der Waals surface area contributed by atoms with Crippen LogP contribution in [-0.2, 0) is 0 Å². The fourth-order valence-electron chi connectivity index (χ4n) is 0.831. The summed E-state index contributed by atoms with van der Waals surface area (Å²) in [6.45, 7) is 0. The van der Waals surface area contributed by atoms with E-state index in [9.17, 15) is 4.79 Å². The molecule has 15 heavy (non-hydrogen) atoms. The van der Waals surface area contributed by atoms with E-state index in [2.05, 4.69) is 25.5 Å². The molecule has 2 aromatic rings. The van der Waals surface area contributed by atoms with Crippen LogP contribution in [0.3, 0.4) is 0 Å². The van der Waals surface area contributed by atoms with E-state index in [1.807, 2.05) is 0 Å². The molecule has 0 saturated carbocycles. The van der Waals surface area contributed by atoms with Crippen LogP contribution in [0.1, 0.15) is 9.80 Å². The Morgan fingerprint density at radius 2 is 2.27 bits per heavy atom. The zero-order valence-electron chi connectivity index (χ0n) is 7.22. The lowest BCUT2D eigenvalue weighted by Gasteiger charge is -1.98. The van der Waals surface area contributed by atoms with E-state index in [-0.39, 0.29) is 9.47 Å². The molecule has 0 fully saturated rings. The predicted molar refractivity (Wildman–Crippen MR) is 54.9 cm³/mol. The van der Waals surface area contributed by atoms with E-state index in [4.69, 9.17) is 11.6 Å². The number of amides is 1. The van der Waals surface area contributed by atoms with E-state index >= 15 is 0 Å². The van der Waals surface area contributed by atoms with Gasteiger partial charge in [-0.3, -0.25) is 9.78 Å². The molecule has 8 heteroatoms. The topological polar surface area (TPSA) is 80.7 Å². The molecule has 0 bridgehead atoms. The summed E-state index contributed by atoms with van der Waals surface area (Å²) in [5.74, 6) is -0.0475. The first-order chi connectivity index (χ1) is 7.25. The Bertz CT molecular complexity index is 473. The highest BCUT2D eigenvalue weighted by Crippen LogP contribution is 2.15. The minimum absolute atomic E-state index is 0.186. The Hall–Kier alpha value is -1.60. The highest BCUT2D eigenvalue weighted by molar-refractivity contribution is 7.17. The van der Waals surface area contributed by atoms with Gasteiger partial charge in [-0.25, -0.2) is 4.98 Å². The van der Waals surface area contributed by atoms with Gasteiger partial charge in [0.25, 0.3) is 5.91 Å². The number of hydrogen-bond donors (Lipinski definition) is 1. The quantitative estimate of drug-likeness (QED) is 0.855. The normalized spacial score (nSPS) is 9.93.